The van der Waals surface area contributed by atoms with Crippen molar-refractivity contribution >= 4 is 0 Å². The van der Waals surface area contributed by atoms with Crippen molar-refractivity contribution in [2.75, 3.05) is 6.54 Å². The average Bonchev–Trinajstić information content (AvgIpc) is 1.69. The van der Waals surface area contributed by atoms with Crippen molar-refractivity contribution in [3.8, 4) is 0 Å². The molecule has 1 heterocycles. The first-order chi connectivity index (χ1) is 3.39. The summed E-state index contributed by atoms with van der Waals surface area (Å²) in [5, 5.41) is 11.2. The third-order valence-corrected chi connectivity index (χ3v) is 1.08. The second-order valence-corrected chi connectivity index (χ2v) is 1.72. The fourth-order valence-electron chi connectivity index (χ4n) is 0.663. The molecule has 0 saturated carbocycles. The van der Waals surface area contributed by atoms with Crippen LogP contribution in [0.25, 0.3) is 0 Å². The maximum Gasteiger partial charge on any atom is 0.0947 e. The molecule has 0 atom stereocenters. The van der Waals surface area contributed by atoms with Gasteiger partial charge in [-0.25, -0.2) is 0 Å². The lowest BCUT2D eigenvalue weighted by molar-refractivity contribution is -0.141. The Morgan fingerprint density at radius 1 is 1.43 bits per heavy atom. The summed E-state index contributed by atoms with van der Waals surface area (Å²) >= 11 is 0. The van der Waals surface area contributed by atoms with E-state index in [1.807, 2.05) is 0 Å². The predicted molar refractivity (Wildman–Crippen MR) is 24.5 cm³/mol. The smallest absolute Gasteiger partial charge is 0.0947 e. The van der Waals surface area contributed by atoms with Crippen molar-refractivity contribution in [3.63, 3.8) is 0 Å². The van der Waals surface area contributed by atoms with Gasteiger partial charge in [-0.3, -0.25) is 0 Å². The summed E-state index contributed by atoms with van der Waals surface area (Å²) < 4.78 is 0. The highest BCUT2D eigenvalue weighted by Crippen LogP contribution is 2.09. The maximum absolute atomic E-state index is 10.3. The van der Waals surface area contributed by atoms with Crippen molar-refractivity contribution in [2.45, 2.75) is 19.3 Å². The molecule has 0 spiro atoms. The molecule has 2 nitrogen and oxygen atoms in total. The summed E-state index contributed by atoms with van der Waals surface area (Å²) in [6, 6.07) is 0. The van der Waals surface area contributed by atoms with Crippen LogP contribution in [0.15, 0.2) is 0 Å². The summed E-state index contributed by atoms with van der Waals surface area (Å²) in [6.45, 7) is 3.31. The molecule has 1 aliphatic rings. The zero-order valence-corrected chi connectivity index (χ0v) is 4.18. The minimum Gasteiger partial charge on any atom is -0.145 e. The van der Waals surface area contributed by atoms with Gasteiger partial charge in [0.15, 0.2) is 0 Å². The molecule has 3 radical (unpaired) electrons. The van der Waals surface area contributed by atoms with Gasteiger partial charge in [-0.2, -0.15) is 0 Å². The second-order valence-electron chi connectivity index (χ2n) is 1.72. The van der Waals surface area contributed by atoms with Gasteiger partial charge >= 0.3 is 0 Å². The number of hydrogen-bond donors (Lipinski definition) is 0. The number of nitrogens with zero attached hydrogens (tertiary/aromatic N) is 1. The molecule has 0 aromatic heterocycles. The van der Waals surface area contributed by atoms with Gasteiger partial charge in [-0.05, 0) is 19.3 Å². The molecule has 0 N–H and O–H groups in total. The summed E-state index contributed by atoms with van der Waals surface area (Å²) in [6.07, 6.45) is 3.03. The molecular weight excluding hydrogens is 90.1 g/mol. The summed E-state index contributed by atoms with van der Waals surface area (Å²) in [5.41, 5.74) is 0. The van der Waals surface area contributed by atoms with Gasteiger partial charge in [0.05, 0.1) is 6.54 Å². The predicted octanol–water partition coefficient (Wildman–Crippen LogP) is 0.857. The van der Waals surface area contributed by atoms with Crippen molar-refractivity contribution < 1.29 is 5.21 Å². The van der Waals surface area contributed by atoms with Gasteiger partial charge in [0.1, 0.15) is 0 Å². The Kier molecular flexibility index (Phi) is 1.65. The van der Waals surface area contributed by atoms with E-state index in [4.69, 9.17) is 0 Å². The van der Waals surface area contributed by atoms with E-state index in [-0.39, 0.29) is 0 Å². The fourth-order valence-corrected chi connectivity index (χ4v) is 0.663. The van der Waals surface area contributed by atoms with E-state index in [2.05, 4.69) is 6.54 Å². The Labute approximate surface area is 43.7 Å². The van der Waals surface area contributed by atoms with Gasteiger partial charge in [-0.15, -0.1) is 10.3 Å². The molecule has 39 valence electrons. The Morgan fingerprint density at radius 2 is 2.29 bits per heavy atom. The molecule has 0 aromatic rings. The van der Waals surface area contributed by atoms with E-state index >= 15 is 0 Å². The lowest BCUT2D eigenvalue weighted by atomic mass is 10.2. The van der Waals surface area contributed by atoms with E-state index in [1.54, 1.807) is 0 Å². The largest absolute Gasteiger partial charge is 0.145 e. The average molecular weight is 98.1 g/mol. The van der Waals surface area contributed by atoms with E-state index in [0.717, 1.165) is 24.3 Å². The standard InChI is InChI=1S/C5H8NO/c7-6-4-2-1-3-5-6/h1-4H2. The Bertz CT molecular complexity index is 50.0. The molecule has 0 aromatic carbocycles. The van der Waals surface area contributed by atoms with Crippen LogP contribution in [0.4, 0.5) is 0 Å². The van der Waals surface area contributed by atoms with Crippen LogP contribution < -0.4 is 0 Å². The van der Waals surface area contributed by atoms with Crippen LogP contribution in [0.5, 0.6) is 0 Å². The number of rotatable bonds is 0. The molecule has 1 fully saturated rings. The van der Waals surface area contributed by atoms with Crippen LogP contribution in [0.3, 0.4) is 0 Å². The molecule has 0 unspecified atom stereocenters. The Morgan fingerprint density at radius 3 is 2.57 bits per heavy atom. The molecule has 0 amide bonds. The highest BCUT2D eigenvalue weighted by Gasteiger charge is 2.07. The van der Waals surface area contributed by atoms with E-state index in [0.29, 0.717) is 6.54 Å². The van der Waals surface area contributed by atoms with Crippen LogP contribution in [0, 0.1) is 6.54 Å². The summed E-state index contributed by atoms with van der Waals surface area (Å²) in [4.78, 5) is 0. The van der Waals surface area contributed by atoms with Gasteiger partial charge in [0, 0.05) is 6.54 Å². The lowest BCUT2D eigenvalue weighted by Crippen LogP contribution is -2.19. The highest BCUT2D eigenvalue weighted by atomic mass is 16.5. The van der Waals surface area contributed by atoms with Crippen LogP contribution in [-0.4, -0.2) is 11.6 Å². The molecule has 1 rings (SSSR count). The van der Waals surface area contributed by atoms with Crippen LogP contribution in [-0.2, 0) is 5.21 Å². The quantitative estimate of drug-likeness (QED) is 0.440. The number of piperidine rings is 1. The van der Waals surface area contributed by atoms with E-state index in [1.165, 1.54) is 0 Å². The van der Waals surface area contributed by atoms with Gasteiger partial charge in [0.25, 0.3) is 0 Å². The van der Waals surface area contributed by atoms with E-state index < -0.39 is 0 Å². The summed E-state index contributed by atoms with van der Waals surface area (Å²) in [7, 11) is 0. The molecule has 0 bridgehead atoms. The molecule has 1 saturated heterocycles. The third-order valence-electron chi connectivity index (χ3n) is 1.08. The van der Waals surface area contributed by atoms with Crippen molar-refractivity contribution in [1.29, 1.82) is 0 Å². The van der Waals surface area contributed by atoms with Crippen molar-refractivity contribution in [2.24, 2.45) is 0 Å². The van der Waals surface area contributed by atoms with Crippen molar-refractivity contribution in [1.82, 2.24) is 5.06 Å². The zero-order valence-electron chi connectivity index (χ0n) is 4.18. The third kappa shape index (κ3) is 1.45. The highest BCUT2D eigenvalue weighted by molar-refractivity contribution is 4.65. The first-order valence-electron chi connectivity index (χ1n) is 2.58. The first kappa shape index (κ1) is 5.06. The van der Waals surface area contributed by atoms with E-state index in [9.17, 15) is 5.21 Å². The zero-order chi connectivity index (χ0) is 5.11. The van der Waals surface area contributed by atoms with Crippen LogP contribution in [0.2, 0.25) is 0 Å². The molecule has 2 heteroatoms. The van der Waals surface area contributed by atoms with Crippen molar-refractivity contribution in [3.05, 3.63) is 6.54 Å². The minimum absolute atomic E-state index is 0.653. The van der Waals surface area contributed by atoms with Gasteiger partial charge < -0.3 is 0 Å². The van der Waals surface area contributed by atoms with Crippen LogP contribution in [0.1, 0.15) is 19.3 Å². The maximum atomic E-state index is 10.3. The van der Waals surface area contributed by atoms with Gasteiger partial charge in [0.2, 0.25) is 0 Å². The molecule has 7 heavy (non-hydrogen) atoms. The Balaban J connectivity index is 2.12. The number of hydrogen-bond acceptors (Lipinski definition) is 1. The fraction of sp³-hybridized carbons (Fsp3) is 0.800. The SMILES string of the molecule is [O]N1[C]CCCC1. The number of hydroxylamine groups is 2. The first-order valence-corrected chi connectivity index (χ1v) is 2.58. The minimum atomic E-state index is 0.653. The normalized spacial score (nSPS) is 25.3. The molecule has 0 aliphatic carbocycles. The van der Waals surface area contributed by atoms with Gasteiger partial charge in [-0.1, -0.05) is 0 Å². The van der Waals surface area contributed by atoms with Crippen LogP contribution >= 0.6 is 0 Å². The lowest BCUT2D eigenvalue weighted by Gasteiger charge is -2.14. The summed E-state index contributed by atoms with van der Waals surface area (Å²) in [5.74, 6) is 0. The molecular formula is C5H8NO. The second kappa shape index (κ2) is 2.28. The topological polar surface area (TPSA) is 23.1 Å². The monoisotopic (exact) mass is 98.1 g/mol. The Hall–Kier alpha value is -0.0800. The molecule has 1 aliphatic heterocycles.